The summed E-state index contributed by atoms with van der Waals surface area (Å²) in [4.78, 5) is 25.6. The molecule has 0 fully saturated rings. The van der Waals surface area contributed by atoms with Gasteiger partial charge in [0.05, 0.1) is 18.6 Å². The standard InChI is InChI=1S/C15H18BrNO3/c1-4-9-17(10-11(2)15(19)20-3)14(18)12-7-5-6-8-13(12)16/h4-8,11H,1,9-10H2,2-3H3. The lowest BCUT2D eigenvalue weighted by Crippen LogP contribution is -2.37. The molecule has 0 saturated heterocycles. The first-order valence-corrected chi connectivity index (χ1v) is 7.03. The molecule has 0 aromatic heterocycles. The van der Waals surface area contributed by atoms with Crippen LogP contribution in [0.2, 0.25) is 0 Å². The number of hydrogen-bond donors (Lipinski definition) is 0. The highest BCUT2D eigenvalue weighted by atomic mass is 79.9. The zero-order valence-corrected chi connectivity index (χ0v) is 13.2. The average Bonchev–Trinajstić information content (AvgIpc) is 2.45. The molecule has 0 heterocycles. The van der Waals surface area contributed by atoms with Crippen molar-refractivity contribution in [3.05, 3.63) is 47.0 Å². The van der Waals surface area contributed by atoms with Gasteiger partial charge in [-0.15, -0.1) is 6.58 Å². The number of amides is 1. The van der Waals surface area contributed by atoms with Crippen molar-refractivity contribution >= 4 is 27.8 Å². The number of carbonyl (C=O) groups excluding carboxylic acids is 2. The number of benzene rings is 1. The van der Waals surface area contributed by atoms with E-state index in [1.165, 1.54) is 7.11 Å². The minimum absolute atomic E-state index is 0.145. The van der Waals surface area contributed by atoms with Crippen LogP contribution in [-0.4, -0.2) is 37.0 Å². The summed E-state index contributed by atoms with van der Waals surface area (Å²) in [6.07, 6.45) is 1.64. The van der Waals surface area contributed by atoms with Crippen molar-refractivity contribution < 1.29 is 14.3 Å². The third-order valence-corrected chi connectivity index (χ3v) is 3.53. The Kier molecular flexibility index (Phi) is 6.45. The van der Waals surface area contributed by atoms with E-state index in [0.717, 1.165) is 4.47 Å². The molecular formula is C15H18BrNO3. The van der Waals surface area contributed by atoms with Gasteiger partial charge in [-0.1, -0.05) is 25.1 Å². The largest absolute Gasteiger partial charge is 0.469 e. The number of methoxy groups -OCH3 is 1. The maximum absolute atomic E-state index is 12.5. The van der Waals surface area contributed by atoms with Crippen LogP contribution in [-0.2, 0) is 9.53 Å². The summed E-state index contributed by atoms with van der Waals surface area (Å²) < 4.78 is 5.41. The molecule has 1 unspecified atom stereocenters. The molecule has 108 valence electrons. The van der Waals surface area contributed by atoms with Gasteiger partial charge in [-0.25, -0.2) is 0 Å². The van der Waals surface area contributed by atoms with Crippen molar-refractivity contribution in [2.24, 2.45) is 5.92 Å². The smallest absolute Gasteiger partial charge is 0.310 e. The van der Waals surface area contributed by atoms with Crippen LogP contribution >= 0.6 is 15.9 Å². The third-order valence-electron chi connectivity index (χ3n) is 2.84. The van der Waals surface area contributed by atoms with Gasteiger partial charge >= 0.3 is 5.97 Å². The van der Waals surface area contributed by atoms with Gasteiger partial charge in [-0.3, -0.25) is 9.59 Å². The number of esters is 1. The number of hydrogen-bond acceptors (Lipinski definition) is 3. The van der Waals surface area contributed by atoms with Crippen LogP contribution in [0, 0.1) is 5.92 Å². The molecule has 0 aliphatic carbocycles. The fourth-order valence-corrected chi connectivity index (χ4v) is 2.26. The van der Waals surface area contributed by atoms with Gasteiger partial charge in [0.1, 0.15) is 0 Å². The molecule has 0 bridgehead atoms. The fraction of sp³-hybridized carbons (Fsp3) is 0.333. The Balaban J connectivity index is 2.91. The SMILES string of the molecule is C=CCN(CC(C)C(=O)OC)C(=O)c1ccccc1Br. The second-order valence-electron chi connectivity index (χ2n) is 4.40. The van der Waals surface area contributed by atoms with E-state index >= 15 is 0 Å². The van der Waals surface area contributed by atoms with Gasteiger partial charge in [-0.05, 0) is 28.1 Å². The van der Waals surface area contributed by atoms with E-state index in [9.17, 15) is 9.59 Å². The summed E-state index contributed by atoms with van der Waals surface area (Å²) in [6.45, 7) is 6.05. The molecule has 4 nitrogen and oxygen atoms in total. The zero-order chi connectivity index (χ0) is 15.1. The predicted octanol–water partition coefficient (Wildman–Crippen LogP) is 2.89. The van der Waals surface area contributed by atoms with Crippen LogP contribution in [0.3, 0.4) is 0 Å². The van der Waals surface area contributed by atoms with E-state index in [-0.39, 0.29) is 17.8 Å². The van der Waals surface area contributed by atoms with E-state index in [2.05, 4.69) is 27.2 Å². The molecule has 1 aromatic carbocycles. The topological polar surface area (TPSA) is 46.6 Å². The van der Waals surface area contributed by atoms with Crippen LogP contribution in [0.5, 0.6) is 0 Å². The molecule has 5 heteroatoms. The first kappa shape index (κ1) is 16.4. The van der Waals surface area contributed by atoms with Crippen LogP contribution < -0.4 is 0 Å². The summed E-state index contributed by atoms with van der Waals surface area (Å²) in [5.41, 5.74) is 0.561. The maximum Gasteiger partial charge on any atom is 0.310 e. The normalized spacial score (nSPS) is 11.6. The Morgan fingerprint density at radius 3 is 2.65 bits per heavy atom. The molecule has 1 atom stereocenters. The van der Waals surface area contributed by atoms with Gasteiger partial charge in [0.25, 0.3) is 5.91 Å². The second-order valence-corrected chi connectivity index (χ2v) is 5.26. The molecule has 1 rings (SSSR count). The van der Waals surface area contributed by atoms with Gasteiger partial charge in [0.15, 0.2) is 0 Å². The van der Waals surface area contributed by atoms with Gasteiger partial charge in [0.2, 0.25) is 0 Å². The molecule has 0 aliphatic rings. The second kappa shape index (κ2) is 7.85. The fourth-order valence-electron chi connectivity index (χ4n) is 1.81. The Labute approximate surface area is 127 Å². The quantitative estimate of drug-likeness (QED) is 0.591. The average molecular weight is 340 g/mol. The highest BCUT2D eigenvalue weighted by Crippen LogP contribution is 2.18. The molecule has 0 spiro atoms. The lowest BCUT2D eigenvalue weighted by molar-refractivity contribution is -0.145. The number of rotatable bonds is 6. The Morgan fingerprint density at radius 1 is 1.45 bits per heavy atom. The first-order valence-electron chi connectivity index (χ1n) is 6.23. The molecule has 1 aromatic rings. The highest BCUT2D eigenvalue weighted by molar-refractivity contribution is 9.10. The molecular weight excluding hydrogens is 322 g/mol. The monoisotopic (exact) mass is 339 g/mol. The number of ether oxygens (including phenoxy) is 1. The van der Waals surface area contributed by atoms with Gasteiger partial charge < -0.3 is 9.64 Å². The highest BCUT2D eigenvalue weighted by Gasteiger charge is 2.22. The lowest BCUT2D eigenvalue weighted by Gasteiger charge is -2.24. The molecule has 0 aliphatic heterocycles. The van der Waals surface area contributed by atoms with E-state index in [1.807, 2.05) is 12.1 Å². The Morgan fingerprint density at radius 2 is 2.10 bits per heavy atom. The molecule has 0 N–H and O–H groups in total. The number of carbonyl (C=O) groups is 2. The summed E-state index contributed by atoms with van der Waals surface area (Å²) in [5, 5.41) is 0. The van der Waals surface area contributed by atoms with Crippen molar-refractivity contribution in [3.63, 3.8) is 0 Å². The van der Waals surface area contributed by atoms with E-state index in [1.54, 1.807) is 30.0 Å². The van der Waals surface area contributed by atoms with Crippen molar-refractivity contribution in [2.45, 2.75) is 6.92 Å². The van der Waals surface area contributed by atoms with Gasteiger partial charge in [0, 0.05) is 17.6 Å². The Bertz CT molecular complexity index is 502. The van der Waals surface area contributed by atoms with Crippen molar-refractivity contribution in [1.29, 1.82) is 0 Å². The number of nitrogens with zero attached hydrogens (tertiary/aromatic N) is 1. The minimum atomic E-state index is -0.383. The molecule has 20 heavy (non-hydrogen) atoms. The minimum Gasteiger partial charge on any atom is -0.469 e. The molecule has 0 saturated carbocycles. The predicted molar refractivity (Wildman–Crippen MR) is 81.4 cm³/mol. The van der Waals surface area contributed by atoms with Crippen molar-refractivity contribution in [1.82, 2.24) is 4.90 Å². The number of halogens is 1. The van der Waals surface area contributed by atoms with Crippen LogP contribution in [0.1, 0.15) is 17.3 Å². The van der Waals surface area contributed by atoms with Crippen LogP contribution in [0.25, 0.3) is 0 Å². The van der Waals surface area contributed by atoms with Crippen molar-refractivity contribution in [3.8, 4) is 0 Å². The molecule has 0 radical (unpaired) electrons. The van der Waals surface area contributed by atoms with Crippen LogP contribution in [0.4, 0.5) is 0 Å². The summed E-state index contributed by atoms with van der Waals surface area (Å²) in [6, 6.07) is 7.19. The molecule has 1 amide bonds. The summed E-state index contributed by atoms with van der Waals surface area (Å²) in [5.74, 6) is -0.862. The van der Waals surface area contributed by atoms with Crippen LogP contribution in [0.15, 0.2) is 41.4 Å². The summed E-state index contributed by atoms with van der Waals surface area (Å²) in [7, 11) is 1.34. The van der Waals surface area contributed by atoms with Crippen molar-refractivity contribution in [2.75, 3.05) is 20.2 Å². The third kappa shape index (κ3) is 4.20. The van der Waals surface area contributed by atoms with Gasteiger partial charge in [-0.2, -0.15) is 0 Å². The Hall–Kier alpha value is -1.62. The lowest BCUT2D eigenvalue weighted by atomic mass is 10.1. The van der Waals surface area contributed by atoms with E-state index < -0.39 is 0 Å². The maximum atomic E-state index is 12.5. The summed E-state index contributed by atoms with van der Waals surface area (Å²) >= 11 is 3.36. The van der Waals surface area contributed by atoms with E-state index in [4.69, 9.17) is 0 Å². The van der Waals surface area contributed by atoms with E-state index in [0.29, 0.717) is 18.7 Å². The zero-order valence-electron chi connectivity index (χ0n) is 11.6. The first-order chi connectivity index (χ1) is 9.51.